The maximum atomic E-state index is 9.12. The Morgan fingerprint density at radius 3 is 2.52 bits per heavy atom. The van der Waals surface area contributed by atoms with Gasteiger partial charge in [-0.3, -0.25) is 9.58 Å². The molecule has 3 heterocycles. The molecular formula is C19H25N7O. The van der Waals surface area contributed by atoms with Crippen LogP contribution in [0.3, 0.4) is 0 Å². The van der Waals surface area contributed by atoms with E-state index in [2.05, 4.69) is 39.3 Å². The first-order valence-corrected chi connectivity index (χ1v) is 9.25. The number of anilines is 3. The second-order valence-corrected chi connectivity index (χ2v) is 6.92. The Morgan fingerprint density at radius 2 is 1.81 bits per heavy atom. The van der Waals surface area contributed by atoms with Gasteiger partial charge in [0.25, 0.3) is 0 Å². The highest BCUT2D eigenvalue weighted by Gasteiger charge is 2.21. The van der Waals surface area contributed by atoms with Crippen LogP contribution in [-0.2, 0) is 7.05 Å². The highest BCUT2D eigenvalue weighted by atomic mass is 16.3. The Hall–Kier alpha value is -2.71. The summed E-state index contributed by atoms with van der Waals surface area (Å²) in [6, 6.07) is 8.25. The van der Waals surface area contributed by atoms with Gasteiger partial charge < -0.3 is 15.3 Å². The fraction of sp³-hybridized carbons (Fsp3) is 0.421. The van der Waals surface area contributed by atoms with Gasteiger partial charge in [-0.2, -0.15) is 15.1 Å². The number of aliphatic hydroxyl groups excluding tert-OH is 1. The normalized spacial score (nSPS) is 15.4. The first kappa shape index (κ1) is 17.7. The van der Waals surface area contributed by atoms with Gasteiger partial charge in [0.1, 0.15) is 5.82 Å². The van der Waals surface area contributed by atoms with Crippen molar-refractivity contribution in [2.75, 3.05) is 49.5 Å². The van der Waals surface area contributed by atoms with Crippen LogP contribution in [0.5, 0.6) is 0 Å². The molecule has 0 spiro atoms. The molecule has 142 valence electrons. The van der Waals surface area contributed by atoms with Gasteiger partial charge in [-0.05, 0) is 19.1 Å². The van der Waals surface area contributed by atoms with Crippen molar-refractivity contribution >= 4 is 28.5 Å². The molecule has 27 heavy (non-hydrogen) atoms. The predicted octanol–water partition coefficient (Wildman–Crippen LogP) is 1.53. The number of aromatic nitrogens is 4. The molecule has 2 aromatic heterocycles. The Labute approximate surface area is 158 Å². The van der Waals surface area contributed by atoms with Crippen molar-refractivity contribution in [3.63, 3.8) is 0 Å². The summed E-state index contributed by atoms with van der Waals surface area (Å²) in [6.45, 7) is 6.46. The van der Waals surface area contributed by atoms with E-state index in [0.29, 0.717) is 5.95 Å². The van der Waals surface area contributed by atoms with Crippen LogP contribution in [0.2, 0.25) is 0 Å². The molecule has 0 atom stereocenters. The Morgan fingerprint density at radius 1 is 1.07 bits per heavy atom. The van der Waals surface area contributed by atoms with Crippen LogP contribution in [0, 0.1) is 6.92 Å². The van der Waals surface area contributed by atoms with Gasteiger partial charge in [0.05, 0.1) is 18.2 Å². The summed E-state index contributed by atoms with van der Waals surface area (Å²) < 4.78 is 1.78. The van der Waals surface area contributed by atoms with Gasteiger partial charge >= 0.3 is 0 Å². The predicted molar refractivity (Wildman–Crippen MR) is 107 cm³/mol. The van der Waals surface area contributed by atoms with E-state index in [1.165, 1.54) is 5.56 Å². The Balaban J connectivity index is 1.64. The number of hydrogen-bond donors (Lipinski definition) is 2. The molecule has 1 aliphatic rings. The van der Waals surface area contributed by atoms with Crippen molar-refractivity contribution in [2.45, 2.75) is 6.92 Å². The molecule has 0 saturated carbocycles. The van der Waals surface area contributed by atoms with Crippen LogP contribution in [0.1, 0.15) is 5.56 Å². The van der Waals surface area contributed by atoms with E-state index >= 15 is 0 Å². The Bertz CT molecular complexity index is 914. The third-order valence-corrected chi connectivity index (χ3v) is 4.97. The zero-order valence-electron chi connectivity index (χ0n) is 15.8. The number of hydrogen-bond acceptors (Lipinski definition) is 7. The number of aryl methyl sites for hydroxylation is 2. The molecule has 3 aromatic rings. The average molecular weight is 367 g/mol. The van der Waals surface area contributed by atoms with E-state index in [1.54, 1.807) is 10.9 Å². The smallest absolute Gasteiger partial charge is 0.229 e. The highest BCUT2D eigenvalue weighted by molar-refractivity contribution is 5.89. The third-order valence-electron chi connectivity index (χ3n) is 4.97. The minimum Gasteiger partial charge on any atom is -0.395 e. The van der Waals surface area contributed by atoms with Crippen LogP contribution in [0.25, 0.3) is 11.0 Å². The minimum absolute atomic E-state index is 0.197. The molecule has 0 aliphatic carbocycles. The van der Waals surface area contributed by atoms with Crippen molar-refractivity contribution in [3.8, 4) is 0 Å². The van der Waals surface area contributed by atoms with Crippen LogP contribution in [0.4, 0.5) is 17.5 Å². The maximum Gasteiger partial charge on any atom is 0.229 e. The zero-order valence-corrected chi connectivity index (χ0v) is 15.8. The SMILES string of the molecule is Cc1ccc(Nc2nc(N3CCN(CCO)CC3)nc3c2cnn3C)cc1. The summed E-state index contributed by atoms with van der Waals surface area (Å²) in [5.74, 6) is 1.48. The number of β-amino-alcohol motifs (C(OH)–C–C–N with tert-alkyl or cyclic N) is 1. The summed E-state index contributed by atoms with van der Waals surface area (Å²) in [5, 5.41) is 17.8. The summed E-state index contributed by atoms with van der Waals surface area (Å²) in [7, 11) is 1.90. The van der Waals surface area contributed by atoms with E-state index in [4.69, 9.17) is 15.1 Å². The molecule has 0 unspecified atom stereocenters. The van der Waals surface area contributed by atoms with Crippen molar-refractivity contribution in [1.29, 1.82) is 0 Å². The average Bonchev–Trinajstić information content (AvgIpc) is 3.06. The number of rotatable bonds is 5. The number of benzene rings is 1. The maximum absolute atomic E-state index is 9.12. The first-order valence-electron chi connectivity index (χ1n) is 9.25. The van der Waals surface area contributed by atoms with Crippen molar-refractivity contribution in [3.05, 3.63) is 36.0 Å². The van der Waals surface area contributed by atoms with E-state index in [-0.39, 0.29) is 6.61 Å². The molecule has 8 nitrogen and oxygen atoms in total. The molecule has 8 heteroatoms. The van der Waals surface area contributed by atoms with Gasteiger partial charge in [0.15, 0.2) is 5.65 Å². The van der Waals surface area contributed by atoms with E-state index < -0.39 is 0 Å². The van der Waals surface area contributed by atoms with Gasteiger partial charge in [0, 0.05) is 45.5 Å². The van der Waals surface area contributed by atoms with E-state index in [0.717, 1.165) is 55.3 Å². The van der Waals surface area contributed by atoms with Gasteiger partial charge in [-0.1, -0.05) is 17.7 Å². The number of nitrogens with zero attached hydrogens (tertiary/aromatic N) is 6. The quantitative estimate of drug-likeness (QED) is 0.708. The Kier molecular flexibility index (Phi) is 4.91. The molecule has 1 fully saturated rings. The van der Waals surface area contributed by atoms with Gasteiger partial charge in [0.2, 0.25) is 5.95 Å². The largest absolute Gasteiger partial charge is 0.395 e. The van der Waals surface area contributed by atoms with Crippen LogP contribution >= 0.6 is 0 Å². The summed E-state index contributed by atoms with van der Waals surface area (Å²) in [6.07, 6.45) is 1.80. The number of fused-ring (bicyclic) bond motifs is 1. The molecular weight excluding hydrogens is 342 g/mol. The monoisotopic (exact) mass is 367 g/mol. The molecule has 1 aliphatic heterocycles. The molecule has 2 N–H and O–H groups in total. The molecule has 4 rings (SSSR count). The lowest BCUT2D eigenvalue weighted by atomic mass is 10.2. The van der Waals surface area contributed by atoms with Crippen LogP contribution < -0.4 is 10.2 Å². The number of piperazine rings is 1. The lowest BCUT2D eigenvalue weighted by Crippen LogP contribution is -2.47. The van der Waals surface area contributed by atoms with Crippen molar-refractivity contribution in [2.24, 2.45) is 7.05 Å². The van der Waals surface area contributed by atoms with Gasteiger partial charge in [-0.15, -0.1) is 0 Å². The van der Waals surface area contributed by atoms with Crippen molar-refractivity contribution in [1.82, 2.24) is 24.6 Å². The number of aliphatic hydroxyl groups is 1. The molecule has 0 amide bonds. The minimum atomic E-state index is 0.197. The summed E-state index contributed by atoms with van der Waals surface area (Å²) in [4.78, 5) is 14.0. The molecule has 0 radical (unpaired) electrons. The zero-order chi connectivity index (χ0) is 18.8. The number of nitrogens with one attached hydrogen (secondary N) is 1. The fourth-order valence-corrected chi connectivity index (χ4v) is 3.33. The standard InChI is InChI=1S/C19H25N7O/c1-14-3-5-15(6-4-14)21-17-16-13-20-24(2)18(16)23-19(22-17)26-9-7-25(8-10-26)11-12-27/h3-6,13,27H,7-12H2,1-2H3,(H,21,22,23). The second kappa shape index (κ2) is 7.50. The highest BCUT2D eigenvalue weighted by Crippen LogP contribution is 2.26. The lowest BCUT2D eigenvalue weighted by Gasteiger charge is -2.34. The van der Waals surface area contributed by atoms with Crippen molar-refractivity contribution < 1.29 is 5.11 Å². The first-order chi connectivity index (χ1) is 13.1. The van der Waals surface area contributed by atoms with Crippen LogP contribution in [0.15, 0.2) is 30.5 Å². The second-order valence-electron chi connectivity index (χ2n) is 6.92. The topological polar surface area (TPSA) is 82.3 Å². The molecule has 0 bridgehead atoms. The van der Waals surface area contributed by atoms with E-state index in [1.807, 2.05) is 19.2 Å². The van der Waals surface area contributed by atoms with Gasteiger partial charge in [-0.25, -0.2) is 0 Å². The fourth-order valence-electron chi connectivity index (χ4n) is 3.33. The molecule has 1 aromatic carbocycles. The molecule has 1 saturated heterocycles. The van der Waals surface area contributed by atoms with E-state index in [9.17, 15) is 0 Å². The summed E-state index contributed by atoms with van der Waals surface area (Å²) in [5.41, 5.74) is 3.02. The van der Waals surface area contributed by atoms with Crippen LogP contribution in [-0.4, -0.2) is 69.1 Å². The summed E-state index contributed by atoms with van der Waals surface area (Å²) >= 11 is 0. The third kappa shape index (κ3) is 3.72. The lowest BCUT2D eigenvalue weighted by molar-refractivity contribution is 0.188.